The van der Waals surface area contributed by atoms with Crippen LogP contribution in [-0.2, 0) is 11.0 Å². The minimum Gasteiger partial charge on any atom is -0.495 e. The van der Waals surface area contributed by atoms with Crippen LogP contribution < -0.4 is 10.1 Å². The lowest BCUT2D eigenvalue weighted by atomic mass is 10.3. The van der Waals surface area contributed by atoms with Crippen LogP contribution in [0.4, 0.5) is 18.9 Å². The lowest BCUT2D eigenvalue weighted by molar-refractivity contribution is -0.137. The number of carbonyl (C=O) groups excluding carboxylic acids is 1. The molecule has 1 aromatic heterocycles. The molecule has 1 unspecified atom stereocenters. The van der Waals surface area contributed by atoms with Crippen LogP contribution in [0.15, 0.2) is 47.6 Å². The summed E-state index contributed by atoms with van der Waals surface area (Å²) in [4.78, 5) is 16.0. The fraction of sp³-hybridized carbons (Fsp3) is 0.250. The van der Waals surface area contributed by atoms with Crippen LogP contribution in [0.1, 0.15) is 12.5 Å². The van der Waals surface area contributed by atoms with Crippen molar-refractivity contribution in [3.63, 3.8) is 0 Å². The van der Waals surface area contributed by atoms with Gasteiger partial charge in [0.15, 0.2) is 0 Å². The Balaban J connectivity index is 2.01. The summed E-state index contributed by atoms with van der Waals surface area (Å²) >= 11 is 1.07. The molecular formula is C16H15F3N2O2S. The predicted molar refractivity (Wildman–Crippen MR) is 86.2 cm³/mol. The van der Waals surface area contributed by atoms with Gasteiger partial charge in [-0.15, -0.1) is 0 Å². The first kappa shape index (κ1) is 18.1. The first-order chi connectivity index (χ1) is 11.3. The Kier molecular flexibility index (Phi) is 5.71. The number of hydrogen-bond donors (Lipinski definition) is 1. The first-order valence-electron chi connectivity index (χ1n) is 6.95. The third-order valence-corrected chi connectivity index (χ3v) is 4.15. The number of nitrogens with one attached hydrogen (secondary N) is 1. The zero-order valence-corrected chi connectivity index (χ0v) is 13.7. The molecular weight excluding hydrogens is 341 g/mol. The van der Waals surface area contributed by atoms with Gasteiger partial charge in [-0.2, -0.15) is 13.2 Å². The zero-order chi connectivity index (χ0) is 17.7. The third kappa shape index (κ3) is 4.64. The van der Waals surface area contributed by atoms with Gasteiger partial charge in [0.2, 0.25) is 5.91 Å². The number of anilines is 1. The van der Waals surface area contributed by atoms with E-state index in [0.29, 0.717) is 16.5 Å². The number of methoxy groups -OCH3 is 1. The van der Waals surface area contributed by atoms with E-state index in [0.717, 1.165) is 24.0 Å². The Morgan fingerprint density at radius 3 is 2.54 bits per heavy atom. The van der Waals surface area contributed by atoms with E-state index in [1.54, 1.807) is 31.2 Å². The van der Waals surface area contributed by atoms with Gasteiger partial charge in [0.25, 0.3) is 0 Å². The number of hydrogen-bond acceptors (Lipinski definition) is 4. The van der Waals surface area contributed by atoms with E-state index in [-0.39, 0.29) is 5.91 Å². The number of nitrogens with zero attached hydrogens (tertiary/aromatic N) is 1. The molecule has 8 heteroatoms. The number of aromatic nitrogens is 1. The van der Waals surface area contributed by atoms with Crippen molar-refractivity contribution in [2.45, 2.75) is 23.4 Å². The topological polar surface area (TPSA) is 51.2 Å². The van der Waals surface area contributed by atoms with Crippen molar-refractivity contribution in [2.75, 3.05) is 12.4 Å². The summed E-state index contributed by atoms with van der Waals surface area (Å²) in [6, 6.07) is 9.14. The first-order valence-corrected chi connectivity index (χ1v) is 7.83. The lowest BCUT2D eigenvalue weighted by Crippen LogP contribution is -2.22. The normalized spacial score (nSPS) is 12.5. The number of pyridine rings is 1. The standard InChI is InChI=1S/C16H15F3N2O2S/c1-10(15(22)21-12-5-3-4-6-13(12)23-2)24-14-8-7-11(9-20-14)16(17,18)19/h3-10H,1-2H3,(H,21,22). The van der Waals surface area contributed by atoms with E-state index in [1.807, 2.05) is 0 Å². The number of ether oxygens (including phenoxy) is 1. The van der Waals surface area contributed by atoms with Crippen molar-refractivity contribution in [1.29, 1.82) is 0 Å². The van der Waals surface area contributed by atoms with Crippen LogP contribution in [0.5, 0.6) is 5.75 Å². The number of benzene rings is 1. The molecule has 0 fully saturated rings. The van der Waals surface area contributed by atoms with E-state index in [4.69, 9.17) is 4.74 Å². The average Bonchev–Trinajstić information content (AvgIpc) is 2.55. The Labute approximate surface area is 141 Å². The van der Waals surface area contributed by atoms with Crippen molar-refractivity contribution < 1.29 is 22.7 Å². The molecule has 1 amide bonds. The number of carbonyl (C=O) groups is 1. The van der Waals surface area contributed by atoms with E-state index in [9.17, 15) is 18.0 Å². The van der Waals surface area contributed by atoms with Crippen molar-refractivity contribution in [2.24, 2.45) is 0 Å². The molecule has 0 spiro atoms. The van der Waals surface area contributed by atoms with Crippen LogP contribution in [0, 0.1) is 0 Å². The molecule has 1 aromatic carbocycles. The highest BCUT2D eigenvalue weighted by Gasteiger charge is 2.30. The highest BCUT2D eigenvalue weighted by molar-refractivity contribution is 8.00. The summed E-state index contributed by atoms with van der Waals surface area (Å²) in [5.41, 5.74) is -0.296. The Bertz CT molecular complexity index is 705. The van der Waals surface area contributed by atoms with E-state index in [2.05, 4.69) is 10.3 Å². The van der Waals surface area contributed by atoms with Crippen LogP contribution in [-0.4, -0.2) is 23.3 Å². The van der Waals surface area contributed by atoms with Crippen molar-refractivity contribution in [3.05, 3.63) is 48.2 Å². The van der Waals surface area contributed by atoms with Gasteiger partial charge < -0.3 is 10.1 Å². The zero-order valence-electron chi connectivity index (χ0n) is 12.9. The van der Waals surface area contributed by atoms with Crippen molar-refractivity contribution in [1.82, 2.24) is 4.98 Å². The summed E-state index contributed by atoms with van der Waals surface area (Å²) in [7, 11) is 1.50. The van der Waals surface area contributed by atoms with Gasteiger partial charge in [0.1, 0.15) is 5.75 Å². The molecule has 0 aliphatic carbocycles. The minimum absolute atomic E-state index is 0.300. The van der Waals surface area contributed by atoms with E-state index < -0.39 is 17.0 Å². The fourth-order valence-corrected chi connectivity index (χ4v) is 2.62. The van der Waals surface area contributed by atoms with Crippen molar-refractivity contribution in [3.8, 4) is 5.75 Å². The summed E-state index contributed by atoms with van der Waals surface area (Å²) < 4.78 is 42.7. The van der Waals surface area contributed by atoms with Gasteiger partial charge in [0.05, 0.1) is 28.6 Å². The second-order valence-corrected chi connectivity index (χ2v) is 6.19. The average molecular weight is 356 g/mol. The van der Waals surface area contributed by atoms with Gasteiger partial charge in [0, 0.05) is 6.20 Å². The molecule has 128 valence electrons. The summed E-state index contributed by atoms with van der Waals surface area (Å²) in [6.07, 6.45) is -3.67. The molecule has 0 radical (unpaired) electrons. The molecule has 0 aliphatic rings. The maximum atomic E-state index is 12.5. The van der Waals surface area contributed by atoms with Crippen LogP contribution in [0.2, 0.25) is 0 Å². The van der Waals surface area contributed by atoms with Crippen LogP contribution in [0.3, 0.4) is 0 Å². The molecule has 1 atom stereocenters. The Hall–Kier alpha value is -2.22. The maximum absolute atomic E-state index is 12.5. The molecule has 2 rings (SSSR count). The number of amides is 1. The molecule has 1 heterocycles. The van der Waals surface area contributed by atoms with Gasteiger partial charge in [-0.1, -0.05) is 23.9 Å². The molecule has 0 saturated carbocycles. The largest absolute Gasteiger partial charge is 0.495 e. The molecule has 0 bridgehead atoms. The highest BCUT2D eigenvalue weighted by Crippen LogP contribution is 2.31. The van der Waals surface area contributed by atoms with Gasteiger partial charge in [-0.25, -0.2) is 4.98 Å². The summed E-state index contributed by atoms with van der Waals surface area (Å²) in [5, 5.41) is 2.52. The summed E-state index contributed by atoms with van der Waals surface area (Å²) in [6.45, 7) is 1.65. The molecule has 0 saturated heterocycles. The monoisotopic (exact) mass is 356 g/mol. The van der Waals surface area contributed by atoms with Gasteiger partial charge >= 0.3 is 6.18 Å². The number of halogens is 3. The lowest BCUT2D eigenvalue weighted by Gasteiger charge is -2.14. The molecule has 2 aromatic rings. The van der Waals surface area contributed by atoms with E-state index in [1.165, 1.54) is 13.2 Å². The number of alkyl halides is 3. The van der Waals surface area contributed by atoms with Crippen molar-refractivity contribution >= 4 is 23.4 Å². The Morgan fingerprint density at radius 2 is 1.96 bits per heavy atom. The minimum atomic E-state index is -4.43. The summed E-state index contributed by atoms with van der Waals surface area (Å²) in [5.74, 6) is 0.224. The highest BCUT2D eigenvalue weighted by atomic mass is 32.2. The molecule has 1 N–H and O–H groups in total. The van der Waals surface area contributed by atoms with Gasteiger partial charge in [-0.05, 0) is 31.2 Å². The van der Waals surface area contributed by atoms with Gasteiger partial charge in [-0.3, -0.25) is 4.79 Å². The molecule has 4 nitrogen and oxygen atoms in total. The number of para-hydroxylation sites is 2. The van der Waals surface area contributed by atoms with Crippen LogP contribution in [0.25, 0.3) is 0 Å². The smallest absolute Gasteiger partial charge is 0.417 e. The fourth-order valence-electron chi connectivity index (χ4n) is 1.83. The van der Waals surface area contributed by atoms with Crippen LogP contribution >= 0.6 is 11.8 Å². The van der Waals surface area contributed by atoms with E-state index >= 15 is 0 Å². The predicted octanol–water partition coefficient (Wildman–Crippen LogP) is 4.23. The second-order valence-electron chi connectivity index (χ2n) is 4.83. The molecule has 24 heavy (non-hydrogen) atoms. The Morgan fingerprint density at radius 1 is 1.25 bits per heavy atom. The molecule has 0 aliphatic heterocycles. The third-order valence-electron chi connectivity index (χ3n) is 3.10. The quantitative estimate of drug-likeness (QED) is 0.815. The second kappa shape index (κ2) is 7.57. The maximum Gasteiger partial charge on any atom is 0.417 e. The SMILES string of the molecule is COc1ccccc1NC(=O)C(C)Sc1ccc(C(F)(F)F)cn1. The number of rotatable bonds is 5. The number of thioether (sulfide) groups is 1.